The number of anilines is 3. The van der Waals surface area contributed by atoms with Crippen molar-refractivity contribution >= 4 is 29.1 Å². The normalized spacial score (nSPS) is 10.5. The molecule has 0 bridgehead atoms. The fourth-order valence-electron chi connectivity index (χ4n) is 2.40. The number of nitrogens with zero attached hydrogens (tertiary/aromatic N) is 2. The van der Waals surface area contributed by atoms with Gasteiger partial charge in [-0.05, 0) is 49.2 Å². The molecule has 2 aromatic carbocycles. The second-order valence-corrected chi connectivity index (χ2v) is 6.05. The summed E-state index contributed by atoms with van der Waals surface area (Å²) in [5, 5.41) is 7.04. The Morgan fingerprint density at radius 2 is 1.80 bits per heavy atom. The lowest BCUT2D eigenvalue weighted by molar-refractivity contribution is 0.610. The molecule has 0 saturated carbocycles. The predicted octanol–water partition coefficient (Wildman–Crippen LogP) is 4.98. The number of aryl methyl sites for hydroxylation is 1. The van der Waals surface area contributed by atoms with Crippen LogP contribution in [0.4, 0.5) is 21.8 Å². The molecule has 0 fully saturated rings. The number of nitrogens with one attached hydrogen (secondary N) is 2. The number of halogens is 2. The number of aromatic nitrogens is 2. The Hall–Kier alpha value is -2.66. The van der Waals surface area contributed by atoms with Gasteiger partial charge in [0.25, 0.3) is 0 Å². The number of rotatable bonds is 6. The second kappa shape index (κ2) is 7.94. The smallest absolute Gasteiger partial charge is 0.229 e. The molecule has 1 heterocycles. The zero-order valence-electron chi connectivity index (χ0n) is 13.8. The summed E-state index contributed by atoms with van der Waals surface area (Å²) in [6.45, 7) is 2.48. The van der Waals surface area contributed by atoms with E-state index < -0.39 is 0 Å². The van der Waals surface area contributed by atoms with Crippen molar-refractivity contribution in [3.05, 3.63) is 76.7 Å². The highest BCUT2D eigenvalue weighted by molar-refractivity contribution is 6.30. The van der Waals surface area contributed by atoms with Gasteiger partial charge in [0.15, 0.2) is 0 Å². The standard InChI is InChI=1S/C19H18ClFN4/c1-13-12-18(22-11-10-14-4-2-3-5-17(14)21)25-19(23-13)24-16-8-6-15(20)7-9-16/h2-9,12H,10-11H2,1H3,(H2,22,23,24,25). The first-order valence-corrected chi connectivity index (χ1v) is 8.33. The lowest BCUT2D eigenvalue weighted by atomic mass is 10.1. The highest BCUT2D eigenvalue weighted by Crippen LogP contribution is 2.18. The maximum atomic E-state index is 13.6. The molecule has 2 N–H and O–H groups in total. The van der Waals surface area contributed by atoms with E-state index in [1.165, 1.54) is 6.07 Å². The fraction of sp³-hybridized carbons (Fsp3) is 0.158. The van der Waals surface area contributed by atoms with Crippen LogP contribution in [-0.2, 0) is 6.42 Å². The lowest BCUT2D eigenvalue weighted by Crippen LogP contribution is -2.09. The molecule has 0 aliphatic rings. The van der Waals surface area contributed by atoms with Gasteiger partial charge in [-0.2, -0.15) is 4.98 Å². The molecule has 6 heteroatoms. The predicted molar refractivity (Wildman–Crippen MR) is 100 cm³/mol. The van der Waals surface area contributed by atoms with Gasteiger partial charge in [0.05, 0.1) is 0 Å². The Morgan fingerprint density at radius 1 is 1.04 bits per heavy atom. The molecule has 4 nitrogen and oxygen atoms in total. The maximum Gasteiger partial charge on any atom is 0.229 e. The van der Waals surface area contributed by atoms with E-state index in [9.17, 15) is 4.39 Å². The number of hydrogen-bond donors (Lipinski definition) is 2. The van der Waals surface area contributed by atoms with E-state index in [-0.39, 0.29) is 5.82 Å². The molecular weight excluding hydrogens is 339 g/mol. The van der Waals surface area contributed by atoms with Crippen LogP contribution in [-0.4, -0.2) is 16.5 Å². The molecule has 0 radical (unpaired) electrons. The van der Waals surface area contributed by atoms with Crippen LogP contribution in [0.15, 0.2) is 54.6 Å². The van der Waals surface area contributed by atoms with Crippen molar-refractivity contribution in [3.8, 4) is 0 Å². The minimum absolute atomic E-state index is 0.187. The van der Waals surface area contributed by atoms with E-state index in [4.69, 9.17) is 11.6 Å². The van der Waals surface area contributed by atoms with Crippen LogP contribution in [0.1, 0.15) is 11.3 Å². The summed E-state index contributed by atoms with van der Waals surface area (Å²) in [6.07, 6.45) is 0.579. The summed E-state index contributed by atoms with van der Waals surface area (Å²) in [4.78, 5) is 8.82. The third kappa shape index (κ3) is 4.90. The van der Waals surface area contributed by atoms with Crippen LogP contribution in [0.25, 0.3) is 0 Å². The second-order valence-electron chi connectivity index (χ2n) is 5.62. The molecule has 3 aromatic rings. The van der Waals surface area contributed by atoms with Gasteiger partial charge in [-0.1, -0.05) is 29.8 Å². The molecule has 0 amide bonds. The highest BCUT2D eigenvalue weighted by atomic mass is 35.5. The van der Waals surface area contributed by atoms with Crippen LogP contribution < -0.4 is 10.6 Å². The molecule has 0 spiro atoms. The van der Waals surface area contributed by atoms with Crippen molar-refractivity contribution in [3.63, 3.8) is 0 Å². The van der Waals surface area contributed by atoms with Gasteiger partial charge in [-0.3, -0.25) is 0 Å². The van der Waals surface area contributed by atoms with E-state index >= 15 is 0 Å². The highest BCUT2D eigenvalue weighted by Gasteiger charge is 2.04. The van der Waals surface area contributed by atoms with Gasteiger partial charge >= 0.3 is 0 Å². The summed E-state index contributed by atoms with van der Waals surface area (Å²) in [5.41, 5.74) is 2.37. The Bertz CT molecular complexity index is 852. The fourth-order valence-corrected chi connectivity index (χ4v) is 2.53. The molecule has 128 valence electrons. The van der Waals surface area contributed by atoms with Crippen molar-refractivity contribution in [1.82, 2.24) is 9.97 Å². The van der Waals surface area contributed by atoms with Crippen LogP contribution >= 0.6 is 11.6 Å². The maximum absolute atomic E-state index is 13.6. The van der Waals surface area contributed by atoms with Crippen molar-refractivity contribution in [1.29, 1.82) is 0 Å². The third-order valence-electron chi connectivity index (χ3n) is 3.61. The molecule has 3 rings (SSSR count). The number of hydrogen-bond acceptors (Lipinski definition) is 4. The third-order valence-corrected chi connectivity index (χ3v) is 3.86. The van der Waals surface area contributed by atoms with Crippen molar-refractivity contribution in [2.45, 2.75) is 13.3 Å². The minimum atomic E-state index is -0.187. The Balaban J connectivity index is 1.65. The van der Waals surface area contributed by atoms with Gasteiger partial charge in [0.1, 0.15) is 11.6 Å². The molecular formula is C19H18ClFN4. The summed E-state index contributed by atoms with van der Waals surface area (Å²) >= 11 is 5.89. The van der Waals surface area contributed by atoms with Crippen molar-refractivity contribution < 1.29 is 4.39 Å². The molecule has 0 unspecified atom stereocenters. The topological polar surface area (TPSA) is 49.8 Å². The SMILES string of the molecule is Cc1cc(NCCc2ccccc2F)nc(Nc2ccc(Cl)cc2)n1. The Kier molecular flexibility index (Phi) is 5.46. The zero-order valence-corrected chi connectivity index (χ0v) is 14.5. The van der Waals surface area contributed by atoms with Gasteiger partial charge in [0.2, 0.25) is 5.95 Å². The molecule has 0 aliphatic heterocycles. The Labute approximate surface area is 151 Å². The van der Waals surface area contributed by atoms with Crippen molar-refractivity contribution in [2.75, 3.05) is 17.2 Å². The lowest BCUT2D eigenvalue weighted by Gasteiger charge is -2.10. The van der Waals surface area contributed by atoms with E-state index in [2.05, 4.69) is 20.6 Å². The van der Waals surface area contributed by atoms with E-state index in [0.29, 0.717) is 35.3 Å². The average Bonchev–Trinajstić information content (AvgIpc) is 2.58. The van der Waals surface area contributed by atoms with E-state index in [1.807, 2.05) is 31.2 Å². The first kappa shape index (κ1) is 17.2. The van der Waals surface area contributed by atoms with Crippen LogP contribution in [0.2, 0.25) is 5.02 Å². The van der Waals surface area contributed by atoms with Crippen LogP contribution in [0.5, 0.6) is 0 Å². The van der Waals surface area contributed by atoms with Crippen molar-refractivity contribution in [2.24, 2.45) is 0 Å². The molecule has 0 atom stereocenters. The summed E-state index contributed by atoms with van der Waals surface area (Å²) in [7, 11) is 0. The van der Waals surface area contributed by atoms with Crippen LogP contribution in [0, 0.1) is 12.7 Å². The van der Waals surface area contributed by atoms with Crippen LogP contribution in [0.3, 0.4) is 0 Å². The monoisotopic (exact) mass is 356 g/mol. The molecule has 0 saturated heterocycles. The summed E-state index contributed by atoms with van der Waals surface area (Å²) < 4.78 is 13.6. The quantitative estimate of drug-likeness (QED) is 0.654. The van der Waals surface area contributed by atoms with E-state index in [1.54, 1.807) is 24.3 Å². The van der Waals surface area contributed by atoms with Gasteiger partial charge in [0, 0.05) is 29.0 Å². The van der Waals surface area contributed by atoms with Gasteiger partial charge in [-0.25, -0.2) is 9.37 Å². The molecule has 1 aromatic heterocycles. The van der Waals surface area contributed by atoms with E-state index in [0.717, 1.165) is 11.4 Å². The first-order chi connectivity index (χ1) is 12.1. The Morgan fingerprint density at radius 3 is 2.56 bits per heavy atom. The zero-order chi connectivity index (χ0) is 17.6. The molecule has 0 aliphatic carbocycles. The summed E-state index contributed by atoms with van der Waals surface area (Å²) in [6, 6.07) is 16.0. The molecule has 25 heavy (non-hydrogen) atoms. The summed E-state index contributed by atoms with van der Waals surface area (Å²) in [5.74, 6) is 1.00. The average molecular weight is 357 g/mol. The minimum Gasteiger partial charge on any atom is -0.370 e. The van der Waals surface area contributed by atoms with Gasteiger partial charge in [-0.15, -0.1) is 0 Å². The first-order valence-electron chi connectivity index (χ1n) is 7.96. The largest absolute Gasteiger partial charge is 0.370 e. The number of benzene rings is 2. The van der Waals surface area contributed by atoms with Gasteiger partial charge < -0.3 is 10.6 Å².